The molecule has 0 aliphatic carbocycles. The van der Waals surface area contributed by atoms with Gasteiger partial charge in [0, 0.05) is 23.7 Å². The van der Waals surface area contributed by atoms with Crippen LogP contribution in [0.25, 0.3) is 27.6 Å². The van der Waals surface area contributed by atoms with E-state index in [9.17, 15) is 9.90 Å². The minimum Gasteiger partial charge on any atom is -0.395 e. The minimum atomic E-state index is -0.00780. The van der Waals surface area contributed by atoms with Gasteiger partial charge in [-0.15, -0.1) is 0 Å². The summed E-state index contributed by atoms with van der Waals surface area (Å²) in [4.78, 5) is 13.0. The van der Waals surface area contributed by atoms with Gasteiger partial charge < -0.3 is 9.67 Å². The average Bonchev–Trinajstić information content (AvgIpc) is 2.76. The topological polar surface area (TPSA) is 42.2 Å². The first kappa shape index (κ1) is 19.9. The Balaban J connectivity index is 1.75. The van der Waals surface area contributed by atoms with Gasteiger partial charge in [0.1, 0.15) is 0 Å². The Labute approximate surface area is 176 Å². The molecular formula is C27H25NO2. The van der Waals surface area contributed by atoms with Gasteiger partial charge in [-0.05, 0) is 53.3 Å². The van der Waals surface area contributed by atoms with Crippen LogP contribution in [0.15, 0.2) is 90.4 Å². The van der Waals surface area contributed by atoms with Crippen LogP contribution in [0.5, 0.6) is 0 Å². The van der Waals surface area contributed by atoms with Crippen molar-refractivity contribution in [3.8, 4) is 11.1 Å². The lowest BCUT2D eigenvalue weighted by Gasteiger charge is -2.14. The standard InChI is InChI=1S/C27H25NO2/c1-19(2)25-18-28(13-14-29)26-12-11-21(17-24(26)27(25)30)15-20-7-6-10-23(16-20)22-8-4-3-5-9-22/h3-12,16-18,29H,1,13-15H2,2H3. The van der Waals surface area contributed by atoms with Gasteiger partial charge in [0.2, 0.25) is 0 Å². The van der Waals surface area contributed by atoms with Crippen molar-refractivity contribution in [1.29, 1.82) is 0 Å². The molecule has 0 radical (unpaired) electrons. The molecule has 0 unspecified atom stereocenters. The van der Waals surface area contributed by atoms with Gasteiger partial charge in [0.05, 0.1) is 12.1 Å². The van der Waals surface area contributed by atoms with Crippen LogP contribution in [-0.2, 0) is 13.0 Å². The zero-order valence-electron chi connectivity index (χ0n) is 17.1. The molecule has 0 fully saturated rings. The van der Waals surface area contributed by atoms with E-state index in [4.69, 9.17) is 0 Å². The Morgan fingerprint density at radius 2 is 1.67 bits per heavy atom. The van der Waals surface area contributed by atoms with E-state index < -0.39 is 0 Å². The minimum absolute atomic E-state index is 0.00780. The third-order valence-corrected chi connectivity index (χ3v) is 5.39. The molecule has 150 valence electrons. The number of aliphatic hydroxyl groups excluding tert-OH is 1. The number of aromatic nitrogens is 1. The highest BCUT2D eigenvalue weighted by atomic mass is 16.3. The van der Waals surface area contributed by atoms with Crippen molar-refractivity contribution in [1.82, 2.24) is 4.57 Å². The van der Waals surface area contributed by atoms with Gasteiger partial charge in [0.15, 0.2) is 5.43 Å². The predicted octanol–water partition coefficient (Wildman–Crippen LogP) is 5.28. The number of rotatable bonds is 6. The summed E-state index contributed by atoms with van der Waals surface area (Å²) in [6.45, 7) is 6.24. The summed E-state index contributed by atoms with van der Waals surface area (Å²) in [6.07, 6.45) is 2.54. The molecule has 0 saturated heterocycles. The van der Waals surface area contributed by atoms with Gasteiger partial charge in [0.25, 0.3) is 0 Å². The Hall–Kier alpha value is -3.43. The highest BCUT2D eigenvalue weighted by Crippen LogP contribution is 2.23. The van der Waals surface area contributed by atoms with Crippen LogP contribution in [0.1, 0.15) is 23.6 Å². The first-order chi connectivity index (χ1) is 14.6. The van der Waals surface area contributed by atoms with E-state index in [2.05, 4.69) is 49.0 Å². The van der Waals surface area contributed by atoms with Crippen molar-refractivity contribution in [3.05, 3.63) is 112 Å². The van der Waals surface area contributed by atoms with E-state index in [0.29, 0.717) is 17.5 Å². The molecule has 0 bridgehead atoms. The van der Waals surface area contributed by atoms with Gasteiger partial charge >= 0.3 is 0 Å². The molecule has 0 aliphatic heterocycles. The van der Waals surface area contributed by atoms with Crippen LogP contribution in [-0.4, -0.2) is 16.3 Å². The normalized spacial score (nSPS) is 11.0. The average molecular weight is 396 g/mol. The number of hydrogen-bond donors (Lipinski definition) is 1. The second kappa shape index (κ2) is 8.52. The van der Waals surface area contributed by atoms with Crippen LogP contribution in [0.2, 0.25) is 0 Å². The molecule has 3 heteroatoms. The first-order valence-electron chi connectivity index (χ1n) is 10.1. The number of fused-ring (bicyclic) bond motifs is 1. The Morgan fingerprint density at radius 1 is 0.933 bits per heavy atom. The summed E-state index contributed by atoms with van der Waals surface area (Å²) in [7, 11) is 0. The highest BCUT2D eigenvalue weighted by molar-refractivity contribution is 5.83. The van der Waals surface area contributed by atoms with Crippen molar-refractivity contribution in [2.24, 2.45) is 0 Å². The Bertz CT molecular complexity index is 1270. The van der Waals surface area contributed by atoms with E-state index in [1.807, 2.05) is 41.8 Å². The molecule has 0 atom stereocenters. The number of nitrogens with zero attached hydrogens (tertiary/aromatic N) is 1. The van der Waals surface area contributed by atoms with Crippen molar-refractivity contribution < 1.29 is 5.11 Å². The SMILES string of the molecule is C=C(C)c1cn(CCO)c2ccc(Cc3cccc(-c4ccccc4)c3)cc2c1=O. The maximum Gasteiger partial charge on any atom is 0.196 e. The molecular weight excluding hydrogens is 370 g/mol. The first-order valence-corrected chi connectivity index (χ1v) is 10.1. The quantitative estimate of drug-likeness (QED) is 0.482. The second-order valence-corrected chi connectivity index (χ2v) is 7.66. The van der Waals surface area contributed by atoms with Gasteiger partial charge in [-0.2, -0.15) is 0 Å². The van der Waals surface area contributed by atoms with Crippen LogP contribution < -0.4 is 5.43 Å². The number of allylic oxidation sites excluding steroid dienone is 1. The fourth-order valence-corrected chi connectivity index (χ4v) is 3.88. The van der Waals surface area contributed by atoms with Crippen molar-refractivity contribution in [3.63, 3.8) is 0 Å². The molecule has 3 nitrogen and oxygen atoms in total. The molecule has 30 heavy (non-hydrogen) atoms. The summed E-state index contributed by atoms with van der Waals surface area (Å²) >= 11 is 0. The summed E-state index contributed by atoms with van der Waals surface area (Å²) in [5.41, 5.74) is 6.81. The molecule has 0 aliphatic rings. The fraction of sp³-hybridized carbons (Fsp3) is 0.148. The van der Waals surface area contributed by atoms with Crippen molar-refractivity contribution in [2.45, 2.75) is 19.9 Å². The van der Waals surface area contributed by atoms with Crippen LogP contribution in [0.3, 0.4) is 0 Å². The molecule has 0 amide bonds. The molecule has 4 aromatic rings. The van der Waals surface area contributed by atoms with Crippen molar-refractivity contribution in [2.75, 3.05) is 6.61 Å². The zero-order valence-corrected chi connectivity index (χ0v) is 17.1. The van der Waals surface area contributed by atoms with E-state index in [1.165, 1.54) is 16.7 Å². The number of pyridine rings is 1. The molecule has 1 heterocycles. The third kappa shape index (κ3) is 3.98. The summed E-state index contributed by atoms with van der Waals surface area (Å²) in [6, 6.07) is 24.9. The molecule has 0 saturated carbocycles. The Kier molecular flexibility index (Phi) is 5.64. The molecule has 3 aromatic carbocycles. The monoisotopic (exact) mass is 395 g/mol. The maximum absolute atomic E-state index is 13.0. The third-order valence-electron chi connectivity index (χ3n) is 5.39. The lowest BCUT2D eigenvalue weighted by molar-refractivity contribution is 0.278. The number of benzene rings is 3. The van der Waals surface area contributed by atoms with Crippen LogP contribution >= 0.6 is 0 Å². The van der Waals surface area contributed by atoms with E-state index in [-0.39, 0.29) is 12.0 Å². The van der Waals surface area contributed by atoms with Crippen LogP contribution in [0, 0.1) is 0 Å². The van der Waals surface area contributed by atoms with Gasteiger partial charge in [-0.3, -0.25) is 4.79 Å². The predicted molar refractivity (Wildman–Crippen MR) is 125 cm³/mol. The summed E-state index contributed by atoms with van der Waals surface area (Å²) in [5.74, 6) is 0. The maximum atomic E-state index is 13.0. The summed E-state index contributed by atoms with van der Waals surface area (Å²) < 4.78 is 1.93. The summed E-state index contributed by atoms with van der Waals surface area (Å²) in [5, 5.41) is 10.1. The van der Waals surface area contributed by atoms with Crippen LogP contribution in [0.4, 0.5) is 0 Å². The number of aliphatic hydroxyl groups is 1. The largest absolute Gasteiger partial charge is 0.395 e. The fourth-order valence-electron chi connectivity index (χ4n) is 3.88. The molecule has 0 spiro atoms. The van der Waals surface area contributed by atoms with E-state index in [0.717, 1.165) is 23.1 Å². The lowest BCUT2D eigenvalue weighted by Crippen LogP contribution is -2.15. The van der Waals surface area contributed by atoms with Crippen molar-refractivity contribution >= 4 is 16.5 Å². The molecule has 1 N–H and O–H groups in total. The van der Waals surface area contributed by atoms with E-state index >= 15 is 0 Å². The lowest BCUT2D eigenvalue weighted by atomic mass is 9.98. The number of hydrogen-bond acceptors (Lipinski definition) is 2. The van der Waals surface area contributed by atoms with Gasteiger partial charge in [-0.1, -0.05) is 67.2 Å². The highest BCUT2D eigenvalue weighted by Gasteiger charge is 2.11. The van der Waals surface area contributed by atoms with Gasteiger partial charge in [-0.25, -0.2) is 0 Å². The Morgan fingerprint density at radius 3 is 2.40 bits per heavy atom. The second-order valence-electron chi connectivity index (χ2n) is 7.66. The zero-order chi connectivity index (χ0) is 21.1. The smallest absolute Gasteiger partial charge is 0.196 e. The van der Waals surface area contributed by atoms with E-state index in [1.54, 1.807) is 6.20 Å². The molecule has 1 aromatic heterocycles. The molecule has 4 rings (SSSR count).